The standard InChI is InChI=1S/C13H15N3O2/c1-9-7-16-6-2-3-11(13(16)14-9)18-8-12(17)15-10-4-5-10/h2-3,6-7,10H,4-5,8H2,1H3,(H,15,17). The summed E-state index contributed by atoms with van der Waals surface area (Å²) in [6, 6.07) is 4.07. The lowest BCUT2D eigenvalue weighted by Crippen LogP contribution is -2.30. The number of hydrogen-bond donors (Lipinski definition) is 1. The monoisotopic (exact) mass is 245 g/mol. The molecule has 1 aliphatic rings. The van der Waals surface area contributed by atoms with Gasteiger partial charge in [-0.3, -0.25) is 4.79 Å². The highest BCUT2D eigenvalue weighted by Crippen LogP contribution is 2.20. The van der Waals surface area contributed by atoms with Crippen molar-refractivity contribution in [3.63, 3.8) is 0 Å². The SMILES string of the molecule is Cc1cn2cccc(OCC(=O)NC3CC3)c2n1. The third kappa shape index (κ3) is 2.30. The summed E-state index contributed by atoms with van der Waals surface area (Å²) in [6.45, 7) is 1.97. The fourth-order valence-corrected chi connectivity index (χ4v) is 1.86. The van der Waals surface area contributed by atoms with E-state index in [1.54, 1.807) is 0 Å². The summed E-state index contributed by atoms with van der Waals surface area (Å²) in [5, 5.41) is 2.89. The molecule has 0 aliphatic heterocycles. The van der Waals surface area contributed by atoms with Crippen LogP contribution in [0.5, 0.6) is 5.75 Å². The Labute approximate surface area is 105 Å². The number of hydrogen-bond acceptors (Lipinski definition) is 3. The largest absolute Gasteiger partial charge is 0.480 e. The molecule has 5 nitrogen and oxygen atoms in total. The molecular formula is C13H15N3O2. The van der Waals surface area contributed by atoms with Gasteiger partial charge in [-0.1, -0.05) is 0 Å². The Balaban J connectivity index is 1.71. The molecule has 2 aromatic heterocycles. The molecule has 0 aromatic carbocycles. The molecule has 18 heavy (non-hydrogen) atoms. The van der Waals surface area contributed by atoms with Crippen molar-refractivity contribution in [2.24, 2.45) is 0 Å². The summed E-state index contributed by atoms with van der Waals surface area (Å²) in [6.07, 6.45) is 6.00. The number of fused-ring (bicyclic) bond motifs is 1. The number of imidazole rings is 1. The zero-order valence-electron chi connectivity index (χ0n) is 10.2. The Hall–Kier alpha value is -2.04. The fraction of sp³-hybridized carbons (Fsp3) is 0.385. The summed E-state index contributed by atoms with van der Waals surface area (Å²) in [5.74, 6) is 0.569. The van der Waals surface area contributed by atoms with E-state index in [0.29, 0.717) is 11.8 Å². The maximum Gasteiger partial charge on any atom is 0.258 e. The number of rotatable bonds is 4. The van der Waals surface area contributed by atoms with Gasteiger partial charge in [0.1, 0.15) is 0 Å². The van der Waals surface area contributed by atoms with Gasteiger partial charge >= 0.3 is 0 Å². The molecule has 1 amide bonds. The van der Waals surface area contributed by atoms with Crippen molar-refractivity contribution < 1.29 is 9.53 Å². The molecule has 1 saturated carbocycles. The lowest BCUT2D eigenvalue weighted by Gasteiger charge is -2.07. The molecule has 1 fully saturated rings. The molecule has 0 saturated heterocycles. The summed E-state index contributed by atoms with van der Waals surface area (Å²) in [7, 11) is 0. The van der Waals surface area contributed by atoms with Crippen LogP contribution in [0.4, 0.5) is 0 Å². The number of aromatic nitrogens is 2. The van der Waals surface area contributed by atoms with Crippen molar-refractivity contribution in [1.29, 1.82) is 0 Å². The van der Waals surface area contributed by atoms with Crippen molar-refractivity contribution in [1.82, 2.24) is 14.7 Å². The highest BCUT2D eigenvalue weighted by Gasteiger charge is 2.23. The van der Waals surface area contributed by atoms with Gasteiger partial charge in [-0.05, 0) is 31.9 Å². The quantitative estimate of drug-likeness (QED) is 0.883. The molecule has 0 atom stereocenters. The van der Waals surface area contributed by atoms with E-state index in [9.17, 15) is 4.79 Å². The van der Waals surface area contributed by atoms with Crippen LogP contribution in [0.25, 0.3) is 5.65 Å². The molecule has 0 unspecified atom stereocenters. The third-order valence-corrected chi connectivity index (χ3v) is 2.87. The van der Waals surface area contributed by atoms with Crippen LogP contribution in [0.2, 0.25) is 0 Å². The fourth-order valence-electron chi connectivity index (χ4n) is 1.86. The molecule has 2 heterocycles. The predicted molar refractivity (Wildman–Crippen MR) is 66.6 cm³/mol. The van der Waals surface area contributed by atoms with Gasteiger partial charge in [-0.15, -0.1) is 0 Å². The zero-order valence-corrected chi connectivity index (χ0v) is 10.2. The van der Waals surface area contributed by atoms with Gasteiger partial charge in [-0.2, -0.15) is 0 Å². The molecule has 3 rings (SSSR count). The number of aryl methyl sites for hydroxylation is 1. The smallest absolute Gasteiger partial charge is 0.258 e. The second-order valence-electron chi connectivity index (χ2n) is 4.62. The lowest BCUT2D eigenvalue weighted by atomic mass is 10.4. The Bertz CT molecular complexity index is 587. The molecule has 94 valence electrons. The van der Waals surface area contributed by atoms with Gasteiger partial charge in [0.15, 0.2) is 18.0 Å². The first-order chi connectivity index (χ1) is 8.72. The molecule has 0 bridgehead atoms. The first-order valence-electron chi connectivity index (χ1n) is 6.09. The third-order valence-electron chi connectivity index (χ3n) is 2.87. The van der Waals surface area contributed by atoms with E-state index in [0.717, 1.165) is 24.2 Å². The van der Waals surface area contributed by atoms with Crippen LogP contribution < -0.4 is 10.1 Å². The van der Waals surface area contributed by atoms with Crippen LogP contribution >= 0.6 is 0 Å². The van der Waals surface area contributed by atoms with E-state index in [1.807, 2.05) is 35.9 Å². The van der Waals surface area contributed by atoms with E-state index < -0.39 is 0 Å². The lowest BCUT2D eigenvalue weighted by molar-refractivity contribution is -0.123. The van der Waals surface area contributed by atoms with Crippen molar-refractivity contribution in [3.8, 4) is 5.75 Å². The number of amides is 1. The van der Waals surface area contributed by atoms with E-state index in [4.69, 9.17) is 4.74 Å². The van der Waals surface area contributed by atoms with Crippen LogP contribution in [0.1, 0.15) is 18.5 Å². The van der Waals surface area contributed by atoms with Crippen molar-refractivity contribution in [2.75, 3.05) is 6.61 Å². The van der Waals surface area contributed by atoms with E-state index >= 15 is 0 Å². The predicted octanol–water partition coefficient (Wildman–Crippen LogP) is 1.30. The second kappa shape index (κ2) is 4.33. The van der Waals surface area contributed by atoms with Crippen molar-refractivity contribution in [3.05, 3.63) is 30.2 Å². The van der Waals surface area contributed by atoms with Crippen LogP contribution in [0.3, 0.4) is 0 Å². The van der Waals surface area contributed by atoms with Crippen LogP contribution in [0.15, 0.2) is 24.5 Å². The maximum atomic E-state index is 11.5. The second-order valence-corrected chi connectivity index (χ2v) is 4.62. The van der Waals surface area contributed by atoms with E-state index in [-0.39, 0.29) is 12.5 Å². The van der Waals surface area contributed by atoms with Crippen molar-refractivity contribution >= 4 is 11.6 Å². The average molecular weight is 245 g/mol. The minimum atomic E-state index is -0.0669. The van der Waals surface area contributed by atoms with Gasteiger partial charge in [0, 0.05) is 18.4 Å². The highest BCUT2D eigenvalue weighted by atomic mass is 16.5. The van der Waals surface area contributed by atoms with E-state index in [1.165, 1.54) is 0 Å². The molecule has 0 radical (unpaired) electrons. The van der Waals surface area contributed by atoms with Gasteiger partial charge in [-0.25, -0.2) is 4.98 Å². The van der Waals surface area contributed by atoms with Gasteiger partial charge < -0.3 is 14.5 Å². The number of carbonyl (C=O) groups excluding carboxylic acids is 1. The Kier molecular flexibility index (Phi) is 2.66. The minimum Gasteiger partial charge on any atom is -0.480 e. The molecular weight excluding hydrogens is 230 g/mol. The van der Waals surface area contributed by atoms with Crippen LogP contribution in [0, 0.1) is 6.92 Å². The minimum absolute atomic E-state index is 0.0437. The number of ether oxygens (including phenoxy) is 1. The number of carbonyl (C=O) groups is 1. The molecule has 0 spiro atoms. The van der Waals surface area contributed by atoms with Crippen LogP contribution in [-0.4, -0.2) is 27.9 Å². The molecule has 1 N–H and O–H groups in total. The summed E-state index contributed by atoms with van der Waals surface area (Å²) in [5.41, 5.74) is 1.67. The summed E-state index contributed by atoms with van der Waals surface area (Å²) in [4.78, 5) is 15.9. The number of nitrogens with one attached hydrogen (secondary N) is 1. The summed E-state index contributed by atoms with van der Waals surface area (Å²) < 4.78 is 7.42. The summed E-state index contributed by atoms with van der Waals surface area (Å²) >= 11 is 0. The molecule has 1 aliphatic carbocycles. The topological polar surface area (TPSA) is 55.6 Å². The van der Waals surface area contributed by atoms with Crippen molar-refractivity contribution in [2.45, 2.75) is 25.8 Å². The number of pyridine rings is 1. The zero-order chi connectivity index (χ0) is 12.5. The van der Waals surface area contributed by atoms with E-state index in [2.05, 4.69) is 10.3 Å². The first-order valence-corrected chi connectivity index (χ1v) is 6.09. The molecule has 2 aromatic rings. The van der Waals surface area contributed by atoms with Gasteiger partial charge in [0.25, 0.3) is 5.91 Å². The first kappa shape index (κ1) is 11.1. The average Bonchev–Trinajstić information content (AvgIpc) is 3.05. The molecule has 5 heteroatoms. The van der Waals surface area contributed by atoms with Gasteiger partial charge in [0.05, 0.1) is 5.69 Å². The Morgan fingerprint density at radius 2 is 2.44 bits per heavy atom. The number of nitrogens with zero attached hydrogens (tertiary/aromatic N) is 2. The van der Waals surface area contributed by atoms with Crippen LogP contribution in [-0.2, 0) is 4.79 Å². The Morgan fingerprint density at radius 3 is 3.22 bits per heavy atom. The highest BCUT2D eigenvalue weighted by molar-refractivity contribution is 5.78. The maximum absolute atomic E-state index is 11.5. The normalized spacial score (nSPS) is 14.7. The Morgan fingerprint density at radius 1 is 1.61 bits per heavy atom. The van der Waals surface area contributed by atoms with Gasteiger partial charge in [0.2, 0.25) is 0 Å².